The summed E-state index contributed by atoms with van der Waals surface area (Å²) in [5, 5.41) is 7.09. The van der Waals surface area contributed by atoms with E-state index in [0.29, 0.717) is 18.3 Å². The number of rotatable bonds is 4. The van der Waals surface area contributed by atoms with Gasteiger partial charge in [0.2, 0.25) is 5.89 Å². The Hall–Kier alpha value is -1.88. The van der Waals surface area contributed by atoms with E-state index in [9.17, 15) is 0 Å². The Morgan fingerprint density at radius 1 is 1.37 bits per heavy atom. The van der Waals surface area contributed by atoms with Crippen molar-refractivity contribution in [1.29, 1.82) is 0 Å². The van der Waals surface area contributed by atoms with Gasteiger partial charge in [0.1, 0.15) is 0 Å². The van der Waals surface area contributed by atoms with E-state index in [1.54, 1.807) is 0 Å². The summed E-state index contributed by atoms with van der Waals surface area (Å²) in [7, 11) is 2.14. The maximum atomic E-state index is 5.06. The number of fused-ring (bicyclic) bond motifs is 1. The maximum absolute atomic E-state index is 5.06. The van der Waals surface area contributed by atoms with E-state index >= 15 is 0 Å². The predicted octanol–water partition coefficient (Wildman–Crippen LogP) is 1.66. The highest BCUT2D eigenvalue weighted by atomic mass is 16.5. The minimum Gasteiger partial charge on any atom is -0.374 e. The largest absolute Gasteiger partial charge is 0.374 e. The molecule has 100 valence electrons. The standard InChI is InChI=1S/C14H18N4O/c1-10-16-14(19-17-10)9-15-8-11-3-4-13-12(7-11)5-6-18(13)2/h3-4,7,15H,5-6,8-9H2,1-2H3. The molecule has 19 heavy (non-hydrogen) atoms. The fourth-order valence-corrected chi connectivity index (χ4v) is 2.46. The van der Waals surface area contributed by atoms with Crippen LogP contribution in [0.15, 0.2) is 22.7 Å². The highest BCUT2D eigenvalue weighted by Gasteiger charge is 2.15. The Morgan fingerprint density at radius 2 is 2.26 bits per heavy atom. The summed E-state index contributed by atoms with van der Waals surface area (Å²) < 4.78 is 5.06. The topological polar surface area (TPSA) is 54.2 Å². The van der Waals surface area contributed by atoms with Crippen LogP contribution in [-0.4, -0.2) is 23.7 Å². The second-order valence-electron chi connectivity index (χ2n) is 4.97. The molecule has 3 rings (SSSR count). The quantitative estimate of drug-likeness (QED) is 0.904. The number of hydrogen-bond acceptors (Lipinski definition) is 5. The van der Waals surface area contributed by atoms with Crippen molar-refractivity contribution in [3.8, 4) is 0 Å². The molecule has 0 atom stereocenters. The summed E-state index contributed by atoms with van der Waals surface area (Å²) in [5.41, 5.74) is 4.09. The minimum absolute atomic E-state index is 0.609. The second kappa shape index (κ2) is 5.01. The number of nitrogens with zero attached hydrogens (tertiary/aromatic N) is 3. The van der Waals surface area contributed by atoms with Crippen LogP contribution in [0, 0.1) is 6.92 Å². The zero-order valence-electron chi connectivity index (χ0n) is 11.3. The third kappa shape index (κ3) is 2.61. The third-order valence-corrected chi connectivity index (χ3v) is 3.45. The van der Waals surface area contributed by atoms with Crippen molar-refractivity contribution in [2.75, 3.05) is 18.5 Å². The average Bonchev–Trinajstić information content (AvgIpc) is 2.97. The van der Waals surface area contributed by atoms with Gasteiger partial charge in [0.15, 0.2) is 5.82 Å². The van der Waals surface area contributed by atoms with Gasteiger partial charge in [0.25, 0.3) is 0 Å². The summed E-state index contributed by atoms with van der Waals surface area (Å²) >= 11 is 0. The molecule has 0 unspecified atom stereocenters. The van der Waals surface area contributed by atoms with E-state index in [1.165, 1.54) is 16.8 Å². The van der Waals surface area contributed by atoms with Crippen LogP contribution in [0.2, 0.25) is 0 Å². The molecule has 0 radical (unpaired) electrons. The molecular formula is C14H18N4O. The fourth-order valence-electron chi connectivity index (χ4n) is 2.46. The first-order valence-corrected chi connectivity index (χ1v) is 6.55. The van der Waals surface area contributed by atoms with Gasteiger partial charge in [-0.1, -0.05) is 17.3 Å². The van der Waals surface area contributed by atoms with E-state index < -0.39 is 0 Å². The molecular weight excluding hydrogens is 240 g/mol. The van der Waals surface area contributed by atoms with Crippen molar-refractivity contribution < 1.29 is 4.52 Å². The lowest BCUT2D eigenvalue weighted by Gasteiger charge is -2.12. The molecule has 5 heteroatoms. The monoisotopic (exact) mass is 258 g/mol. The van der Waals surface area contributed by atoms with Gasteiger partial charge >= 0.3 is 0 Å². The van der Waals surface area contributed by atoms with Crippen LogP contribution in [0.3, 0.4) is 0 Å². The van der Waals surface area contributed by atoms with Crippen LogP contribution in [0.4, 0.5) is 5.69 Å². The van der Waals surface area contributed by atoms with Crippen LogP contribution in [0.1, 0.15) is 22.8 Å². The van der Waals surface area contributed by atoms with E-state index in [4.69, 9.17) is 4.52 Å². The van der Waals surface area contributed by atoms with Gasteiger partial charge in [-0.05, 0) is 30.5 Å². The number of aryl methyl sites for hydroxylation is 1. The van der Waals surface area contributed by atoms with Crippen molar-refractivity contribution in [3.63, 3.8) is 0 Å². The van der Waals surface area contributed by atoms with E-state index in [-0.39, 0.29) is 0 Å². The van der Waals surface area contributed by atoms with Crippen LogP contribution in [-0.2, 0) is 19.5 Å². The highest BCUT2D eigenvalue weighted by Crippen LogP contribution is 2.27. The molecule has 0 amide bonds. The molecule has 1 aromatic heterocycles. The highest BCUT2D eigenvalue weighted by molar-refractivity contribution is 5.58. The predicted molar refractivity (Wildman–Crippen MR) is 73.0 cm³/mol. The van der Waals surface area contributed by atoms with Crippen molar-refractivity contribution in [2.45, 2.75) is 26.4 Å². The van der Waals surface area contributed by atoms with Crippen molar-refractivity contribution >= 4 is 5.69 Å². The van der Waals surface area contributed by atoms with Gasteiger partial charge in [0, 0.05) is 25.8 Å². The summed E-state index contributed by atoms with van der Waals surface area (Å²) in [6.45, 7) is 4.37. The van der Waals surface area contributed by atoms with Crippen LogP contribution >= 0.6 is 0 Å². The van der Waals surface area contributed by atoms with Crippen molar-refractivity contribution in [1.82, 2.24) is 15.5 Å². The SMILES string of the molecule is Cc1noc(CNCc2ccc3c(c2)CCN3C)n1. The van der Waals surface area contributed by atoms with Gasteiger partial charge in [-0.2, -0.15) is 4.98 Å². The number of hydrogen-bond donors (Lipinski definition) is 1. The minimum atomic E-state index is 0.609. The first-order chi connectivity index (χ1) is 9.22. The molecule has 0 aliphatic carbocycles. The number of likely N-dealkylation sites (N-methyl/N-ethyl adjacent to an activating group) is 1. The van der Waals surface area contributed by atoms with Gasteiger partial charge in [-0.3, -0.25) is 0 Å². The summed E-state index contributed by atoms with van der Waals surface area (Å²) in [6.07, 6.45) is 1.14. The molecule has 2 heterocycles. The molecule has 2 aromatic rings. The first-order valence-electron chi connectivity index (χ1n) is 6.55. The van der Waals surface area contributed by atoms with Gasteiger partial charge in [-0.25, -0.2) is 0 Å². The Kier molecular flexibility index (Phi) is 3.21. The lowest BCUT2D eigenvalue weighted by molar-refractivity contribution is 0.364. The molecule has 0 saturated heterocycles. The van der Waals surface area contributed by atoms with Crippen molar-refractivity contribution in [2.24, 2.45) is 0 Å². The van der Waals surface area contributed by atoms with E-state index in [2.05, 4.69) is 45.6 Å². The van der Waals surface area contributed by atoms with Crippen LogP contribution < -0.4 is 10.2 Å². The summed E-state index contributed by atoms with van der Waals surface area (Å²) in [5.74, 6) is 1.32. The van der Waals surface area contributed by atoms with Gasteiger partial charge < -0.3 is 14.7 Å². The Labute approximate surface area is 112 Å². The molecule has 1 aromatic carbocycles. The summed E-state index contributed by atoms with van der Waals surface area (Å²) in [6, 6.07) is 6.66. The molecule has 0 saturated carbocycles. The Bertz CT molecular complexity index is 579. The lowest BCUT2D eigenvalue weighted by atomic mass is 10.1. The molecule has 0 fully saturated rings. The lowest BCUT2D eigenvalue weighted by Crippen LogP contribution is -2.13. The van der Waals surface area contributed by atoms with Crippen LogP contribution in [0.5, 0.6) is 0 Å². The normalized spacial score (nSPS) is 13.9. The second-order valence-corrected chi connectivity index (χ2v) is 4.97. The van der Waals surface area contributed by atoms with Gasteiger partial charge in [0.05, 0.1) is 6.54 Å². The zero-order chi connectivity index (χ0) is 13.2. The first kappa shape index (κ1) is 12.2. The molecule has 0 spiro atoms. The molecule has 1 aliphatic rings. The number of anilines is 1. The number of aromatic nitrogens is 2. The van der Waals surface area contributed by atoms with E-state index in [0.717, 1.165) is 19.5 Å². The van der Waals surface area contributed by atoms with Crippen molar-refractivity contribution in [3.05, 3.63) is 41.0 Å². The number of benzene rings is 1. The smallest absolute Gasteiger partial charge is 0.240 e. The fraction of sp³-hybridized carbons (Fsp3) is 0.429. The molecule has 1 N–H and O–H groups in total. The molecule has 5 nitrogen and oxygen atoms in total. The zero-order valence-corrected chi connectivity index (χ0v) is 11.3. The number of nitrogens with one attached hydrogen (secondary N) is 1. The van der Waals surface area contributed by atoms with Gasteiger partial charge in [-0.15, -0.1) is 0 Å². The third-order valence-electron chi connectivity index (χ3n) is 3.45. The Morgan fingerprint density at radius 3 is 3.05 bits per heavy atom. The van der Waals surface area contributed by atoms with E-state index in [1.807, 2.05) is 6.92 Å². The molecule has 1 aliphatic heterocycles. The average molecular weight is 258 g/mol. The Balaban J connectivity index is 1.59. The molecule has 0 bridgehead atoms. The maximum Gasteiger partial charge on any atom is 0.240 e. The summed E-state index contributed by atoms with van der Waals surface area (Å²) in [4.78, 5) is 6.46. The van der Waals surface area contributed by atoms with Crippen LogP contribution in [0.25, 0.3) is 0 Å².